The quantitative estimate of drug-likeness (QED) is 0.439. The molecule has 4 aromatic rings. The zero-order valence-electron chi connectivity index (χ0n) is 19.1. The van der Waals surface area contributed by atoms with Crippen molar-refractivity contribution in [3.8, 4) is 34.3 Å². The highest BCUT2D eigenvalue weighted by molar-refractivity contribution is 5.62. The first-order valence-corrected chi connectivity index (χ1v) is 10.6. The van der Waals surface area contributed by atoms with E-state index in [1.807, 2.05) is 33.0 Å². The van der Waals surface area contributed by atoms with E-state index in [9.17, 15) is 4.79 Å². The van der Waals surface area contributed by atoms with E-state index in [-0.39, 0.29) is 17.5 Å². The van der Waals surface area contributed by atoms with Crippen molar-refractivity contribution in [1.29, 1.82) is 0 Å². The topological polar surface area (TPSA) is 108 Å². The molecule has 0 amide bonds. The fourth-order valence-corrected chi connectivity index (χ4v) is 3.64. The van der Waals surface area contributed by atoms with Gasteiger partial charge in [0.25, 0.3) is 11.4 Å². The number of benzene rings is 1. The molecular weight excluding hydrogens is 420 g/mol. The Kier molecular flexibility index (Phi) is 6.71. The molecule has 170 valence electrons. The summed E-state index contributed by atoms with van der Waals surface area (Å²) in [5.41, 5.74) is 4.80. The summed E-state index contributed by atoms with van der Waals surface area (Å²) in [5.74, 6) is 0.701. The van der Waals surface area contributed by atoms with Gasteiger partial charge in [-0.05, 0) is 44.2 Å². The predicted octanol–water partition coefficient (Wildman–Crippen LogP) is 3.26. The van der Waals surface area contributed by atoms with Crippen LogP contribution in [0.3, 0.4) is 0 Å². The average Bonchev–Trinajstić information content (AvgIpc) is 3.30. The first-order chi connectivity index (χ1) is 16.0. The molecule has 0 radical (unpaired) electrons. The highest BCUT2D eigenvalue weighted by Gasteiger charge is 2.16. The molecule has 0 saturated heterocycles. The van der Waals surface area contributed by atoms with Crippen LogP contribution in [0.4, 0.5) is 0 Å². The molecule has 3 aromatic heterocycles. The Hall–Kier alpha value is -3.69. The lowest BCUT2D eigenvalue weighted by atomic mass is 10.1. The highest BCUT2D eigenvalue weighted by atomic mass is 16.5. The molecular formula is C24H26N6O3. The molecule has 1 atom stereocenters. The van der Waals surface area contributed by atoms with Crippen molar-refractivity contribution in [2.24, 2.45) is 0 Å². The Bertz CT molecular complexity index is 1310. The van der Waals surface area contributed by atoms with Crippen molar-refractivity contribution >= 4 is 0 Å². The van der Waals surface area contributed by atoms with Crippen molar-refractivity contribution in [2.75, 3.05) is 20.8 Å². The van der Waals surface area contributed by atoms with Gasteiger partial charge in [0.1, 0.15) is 5.69 Å². The van der Waals surface area contributed by atoms with E-state index in [0.29, 0.717) is 23.9 Å². The van der Waals surface area contributed by atoms with Gasteiger partial charge in [-0.2, -0.15) is 0 Å². The Morgan fingerprint density at radius 2 is 1.91 bits per heavy atom. The predicted molar refractivity (Wildman–Crippen MR) is 125 cm³/mol. The summed E-state index contributed by atoms with van der Waals surface area (Å²) in [4.78, 5) is 21.2. The number of methoxy groups -OCH3 is 1. The van der Waals surface area contributed by atoms with Crippen LogP contribution in [0.25, 0.3) is 34.3 Å². The normalized spacial score (nSPS) is 12.1. The lowest BCUT2D eigenvalue weighted by molar-refractivity contribution is 0.161. The molecule has 0 fully saturated rings. The van der Waals surface area contributed by atoms with Gasteiger partial charge in [-0.25, -0.2) is 4.98 Å². The third kappa shape index (κ3) is 4.89. The van der Waals surface area contributed by atoms with Crippen LogP contribution in [0.5, 0.6) is 0 Å². The number of ether oxygens (including phenoxy) is 1. The first-order valence-electron chi connectivity index (χ1n) is 10.6. The molecule has 0 bridgehead atoms. The molecule has 1 aromatic carbocycles. The number of aryl methyl sites for hydroxylation is 1. The lowest BCUT2D eigenvalue weighted by Crippen LogP contribution is -2.24. The largest absolute Gasteiger partial charge is 0.415 e. The van der Waals surface area contributed by atoms with Crippen molar-refractivity contribution in [3.05, 3.63) is 70.4 Å². The zero-order chi connectivity index (χ0) is 23.4. The second kappa shape index (κ2) is 9.85. The van der Waals surface area contributed by atoms with Crippen LogP contribution in [0, 0.1) is 6.92 Å². The summed E-state index contributed by atoms with van der Waals surface area (Å²) in [6, 6.07) is 9.23. The maximum atomic E-state index is 12.3. The zero-order valence-corrected chi connectivity index (χ0v) is 19.1. The van der Waals surface area contributed by atoms with Gasteiger partial charge in [-0.15, -0.1) is 10.2 Å². The molecule has 0 spiro atoms. The second-order valence-corrected chi connectivity index (χ2v) is 7.85. The van der Waals surface area contributed by atoms with Crippen LogP contribution in [0.15, 0.2) is 58.1 Å². The molecule has 1 unspecified atom stereocenters. The van der Waals surface area contributed by atoms with Gasteiger partial charge >= 0.3 is 0 Å². The second-order valence-electron chi connectivity index (χ2n) is 7.85. The number of aromatic nitrogens is 5. The minimum Gasteiger partial charge on any atom is -0.415 e. The SMILES string of the molecule is CNCc1ccc(-c2nnc(-c3cncc(-c4ccc(=O)n(C(C)COC)c4)n3)o2)c(C)c1. The number of nitrogens with zero attached hydrogens (tertiary/aromatic N) is 5. The van der Waals surface area contributed by atoms with Crippen molar-refractivity contribution in [3.63, 3.8) is 0 Å². The molecule has 9 heteroatoms. The molecule has 33 heavy (non-hydrogen) atoms. The van der Waals surface area contributed by atoms with Crippen molar-refractivity contribution < 1.29 is 9.15 Å². The molecule has 1 N–H and O–H groups in total. The Morgan fingerprint density at radius 3 is 2.67 bits per heavy atom. The van der Waals surface area contributed by atoms with Gasteiger partial charge in [0.2, 0.25) is 5.89 Å². The van der Waals surface area contributed by atoms with Crippen LogP contribution in [0.1, 0.15) is 24.1 Å². The Labute approximate surface area is 191 Å². The first kappa shape index (κ1) is 22.5. The van der Waals surface area contributed by atoms with Crippen molar-refractivity contribution in [2.45, 2.75) is 26.4 Å². The number of rotatable bonds is 8. The van der Waals surface area contributed by atoms with E-state index < -0.39 is 0 Å². The summed E-state index contributed by atoms with van der Waals surface area (Å²) < 4.78 is 12.7. The van der Waals surface area contributed by atoms with Crippen LogP contribution in [0.2, 0.25) is 0 Å². The Morgan fingerprint density at radius 1 is 1.12 bits per heavy atom. The molecule has 0 aliphatic rings. The van der Waals surface area contributed by atoms with E-state index in [4.69, 9.17) is 9.15 Å². The van der Waals surface area contributed by atoms with Gasteiger partial charge in [-0.1, -0.05) is 12.1 Å². The third-order valence-corrected chi connectivity index (χ3v) is 5.30. The van der Waals surface area contributed by atoms with Crippen LogP contribution < -0.4 is 10.9 Å². The standard InChI is InChI=1S/C24H26N6O3/c1-15-9-17(10-25-3)5-7-19(15)23-28-29-24(33-23)21-12-26-11-20(27-21)18-6-8-22(31)30(13-18)16(2)14-32-4/h5-9,11-13,16,25H,10,14H2,1-4H3. The molecule has 9 nitrogen and oxygen atoms in total. The van der Waals surface area contributed by atoms with Gasteiger partial charge in [0, 0.05) is 37.0 Å². The summed E-state index contributed by atoms with van der Waals surface area (Å²) in [7, 11) is 3.52. The maximum Gasteiger partial charge on any atom is 0.268 e. The summed E-state index contributed by atoms with van der Waals surface area (Å²) in [5, 5.41) is 11.5. The number of hydrogen-bond donors (Lipinski definition) is 1. The lowest BCUT2D eigenvalue weighted by Gasteiger charge is -2.15. The van der Waals surface area contributed by atoms with Gasteiger partial charge in [0.15, 0.2) is 0 Å². The molecule has 3 heterocycles. The summed E-state index contributed by atoms with van der Waals surface area (Å²) in [6.07, 6.45) is 4.97. The number of pyridine rings is 1. The van der Waals surface area contributed by atoms with E-state index in [1.165, 1.54) is 11.6 Å². The summed E-state index contributed by atoms with van der Waals surface area (Å²) in [6.45, 7) is 5.15. The van der Waals surface area contributed by atoms with Crippen LogP contribution in [-0.4, -0.2) is 45.5 Å². The van der Waals surface area contributed by atoms with E-state index in [2.05, 4.69) is 31.5 Å². The Balaban J connectivity index is 1.64. The monoisotopic (exact) mass is 446 g/mol. The van der Waals surface area contributed by atoms with Gasteiger partial charge < -0.3 is 19.0 Å². The van der Waals surface area contributed by atoms with Gasteiger partial charge in [-0.3, -0.25) is 9.78 Å². The minimum atomic E-state index is -0.111. The fraction of sp³-hybridized carbons (Fsp3) is 0.292. The molecule has 0 saturated carbocycles. The highest BCUT2D eigenvalue weighted by Crippen LogP contribution is 2.27. The molecule has 4 rings (SSSR count). The summed E-state index contributed by atoms with van der Waals surface area (Å²) >= 11 is 0. The maximum absolute atomic E-state index is 12.3. The van der Waals surface area contributed by atoms with E-state index >= 15 is 0 Å². The smallest absolute Gasteiger partial charge is 0.268 e. The van der Waals surface area contributed by atoms with Gasteiger partial charge in [0.05, 0.1) is 30.7 Å². The van der Waals surface area contributed by atoms with E-state index in [0.717, 1.165) is 23.2 Å². The van der Waals surface area contributed by atoms with Crippen molar-refractivity contribution in [1.82, 2.24) is 30.0 Å². The minimum absolute atomic E-state index is 0.106. The number of hydrogen-bond acceptors (Lipinski definition) is 8. The molecule has 0 aliphatic carbocycles. The van der Waals surface area contributed by atoms with Crippen LogP contribution in [-0.2, 0) is 11.3 Å². The average molecular weight is 447 g/mol. The van der Waals surface area contributed by atoms with E-state index in [1.54, 1.807) is 36.3 Å². The fourth-order valence-electron chi connectivity index (χ4n) is 3.64. The number of nitrogens with one attached hydrogen (secondary N) is 1. The van der Waals surface area contributed by atoms with Crippen LogP contribution >= 0.6 is 0 Å². The third-order valence-electron chi connectivity index (χ3n) is 5.30. The molecule has 0 aliphatic heterocycles.